The van der Waals surface area contributed by atoms with Crippen molar-refractivity contribution in [3.63, 3.8) is 0 Å². The van der Waals surface area contributed by atoms with E-state index in [1.165, 1.54) is 11.8 Å². The van der Waals surface area contributed by atoms with Crippen molar-refractivity contribution in [1.82, 2.24) is 15.5 Å². The molecular formula is C20H23ClF5N3O2. The number of hydrogen-bond acceptors (Lipinski definition) is 2. The summed E-state index contributed by atoms with van der Waals surface area (Å²) >= 11 is 5.70. The van der Waals surface area contributed by atoms with E-state index in [9.17, 15) is 31.5 Å². The summed E-state index contributed by atoms with van der Waals surface area (Å²) < 4.78 is 67.6. The lowest BCUT2D eigenvalue weighted by atomic mass is 9.76. The summed E-state index contributed by atoms with van der Waals surface area (Å²) in [5.41, 5.74) is -0.0932. The second-order valence-electron chi connectivity index (χ2n) is 8.01. The lowest BCUT2D eigenvalue weighted by Gasteiger charge is -2.38. The largest absolute Gasteiger partial charge is 0.391 e. The van der Waals surface area contributed by atoms with Gasteiger partial charge in [0.15, 0.2) is 0 Å². The van der Waals surface area contributed by atoms with Gasteiger partial charge in [-0.15, -0.1) is 0 Å². The van der Waals surface area contributed by atoms with Gasteiger partial charge in [-0.05, 0) is 44.6 Å². The zero-order valence-electron chi connectivity index (χ0n) is 16.7. The third-order valence-electron chi connectivity index (χ3n) is 6.14. The number of urea groups is 1. The minimum absolute atomic E-state index is 0.0932. The van der Waals surface area contributed by atoms with Gasteiger partial charge in [-0.2, -0.15) is 13.2 Å². The van der Waals surface area contributed by atoms with Crippen molar-refractivity contribution in [3.8, 4) is 0 Å². The van der Waals surface area contributed by atoms with Crippen molar-refractivity contribution in [1.29, 1.82) is 0 Å². The number of hydrogen-bond donors (Lipinski definition) is 2. The molecule has 0 bridgehead atoms. The van der Waals surface area contributed by atoms with Crippen LogP contribution in [-0.4, -0.2) is 42.1 Å². The van der Waals surface area contributed by atoms with Crippen molar-refractivity contribution >= 4 is 23.5 Å². The average Bonchev–Trinajstić information content (AvgIpc) is 2.72. The number of carbonyl (C=O) groups is 2. The van der Waals surface area contributed by atoms with Crippen LogP contribution in [0.3, 0.4) is 0 Å². The number of carbonyl (C=O) groups excluding carboxylic acids is 2. The number of halogens is 6. The summed E-state index contributed by atoms with van der Waals surface area (Å²) in [6.07, 6.45) is -4.43. The second kappa shape index (κ2) is 9.18. The molecule has 0 aromatic heterocycles. The van der Waals surface area contributed by atoms with Gasteiger partial charge >= 0.3 is 12.2 Å². The molecule has 0 radical (unpaired) electrons. The van der Waals surface area contributed by atoms with Crippen molar-refractivity contribution in [2.45, 2.75) is 50.9 Å². The number of benzene rings is 1. The topological polar surface area (TPSA) is 61.4 Å². The predicted molar refractivity (Wildman–Crippen MR) is 103 cm³/mol. The third kappa shape index (κ3) is 5.05. The van der Waals surface area contributed by atoms with E-state index < -0.39 is 52.8 Å². The number of nitrogens with zero attached hydrogens (tertiary/aromatic N) is 1. The van der Waals surface area contributed by atoms with Crippen LogP contribution in [0.25, 0.3) is 0 Å². The summed E-state index contributed by atoms with van der Waals surface area (Å²) in [6.45, 7) is 2.00. The number of alkyl halides is 3. The van der Waals surface area contributed by atoms with Gasteiger partial charge in [0.05, 0.1) is 12.0 Å². The molecule has 0 spiro atoms. The number of piperazine rings is 1. The molecule has 3 rings (SSSR count). The first-order valence-corrected chi connectivity index (χ1v) is 10.4. The molecule has 2 fully saturated rings. The molecular weight excluding hydrogens is 445 g/mol. The fourth-order valence-electron chi connectivity index (χ4n) is 4.29. The normalized spacial score (nSPS) is 25.7. The summed E-state index contributed by atoms with van der Waals surface area (Å²) in [4.78, 5) is 26.0. The van der Waals surface area contributed by atoms with Gasteiger partial charge in [-0.3, -0.25) is 4.79 Å². The highest BCUT2D eigenvalue weighted by atomic mass is 35.5. The molecule has 1 saturated carbocycles. The Labute approximate surface area is 181 Å². The SMILES string of the molecule is C[C@@H]1C(=O)NCCN1C(=O)N[C@@H](c1ccc(F)c(Cl)c1F)C1CCC(C(F)(F)F)CC1. The van der Waals surface area contributed by atoms with E-state index in [1.54, 1.807) is 0 Å². The van der Waals surface area contributed by atoms with Crippen molar-refractivity contribution < 1.29 is 31.5 Å². The maximum atomic E-state index is 14.8. The third-order valence-corrected chi connectivity index (χ3v) is 6.49. The van der Waals surface area contributed by atoms with Crippen LogP contribution >= 0.6 is 11.6 Å². The van der Waals surface area contributed by atoms with Gasteiger partial charge in [0.25, 0.3) is 0 Å². The monoisotopic (exact) mass is 467 g/mol. The Morgan fingerprint density at radius 3 is 2.48 bits per heavy atom. The van der Waals surface area contributed by atoms with E-state index in [-0.39, 0.29) is 50.2 Å². The number of rotatable bonds is 3. The van der Waals surface area contributed by atoms with E-state index in [1.807, 2.05) is 0 Å². The van der Waals surface area contributed by atoms with Crippen LogP contribution in [0, 0.1) is 23.5 Å². The lowest BCUT2D eigenvalue weighted by molar-refractivity contribution is -0.184. The van der Waals surface area contributed by atoms with Gasteiger partial charge in [0.2, 0.25) is 5.91 Å². The van der Waals surface area contributed by atoms with Gasteiger partial charge in [0.1, 0.15) is 22.7 Å². The first kappa shape index (κ1) is 23.6. The van der Waals surface area contributed by atoms with E-state index in [4.69, 9.17) is 11.6 Å². The molecule has 172 valence electrons. The highest BCUT2D eigenvalue weighted by Gasteiger charge is 2.43. The van der Waals surface area contributed by atoms with E-state index in [0.29, 0.717) is 0 Å². The Hall–Kier alpha value is -2.10. The smallest absolute Gasteiger partial charge is 0.353 e. The van der Waals surface area contributed by atoms with Crippen LogP contribution in [0.15, 0.2) is 12.1 Å². The average molecular weight is 468 g/mol. The highest BCUT2D eigenvalue weighted by molar-refractivity contribution is 6.31. The second-order valence-corrected chi connectivity index (χ2v) is 8.38. The summed E-state index contributed by atoms with van der Waals surface area (Å²) in [6, 6.07) is -0.332. The molecule has 0 unspecified atom stereocenters. The Morgan fingerprint density at radius 2 is 1.87 bits per heavy atom. The van der Waals surface area contributed by atoms with Gasteiger partial charge in [-0.25, -0.2) is 13.6 Å². The molecule has 3 amide bonds. The van der Waals surface area contributed by atoms with E-state index in [0.717, 1.165) is 12.1 Å². The maximum Gasteiger partial charge on any atom is 0.391 e. The zero-order valence-corrected chi connectivity index (χ0v) is 17.5. The minimum atomic E-state index is -4.31. The fraction of sp³-hybridized carbons (Fsp3) is 0.600. The van der Waals surface area contributed by atoms with Crippen molar-refractivity contribution in [2.24, 2.45) is 11.8 Å². The lowest BCUT2D eigenvalue weighted by Crippen LogP contribution is -2.58. The predicted octanol–water partition coefficient (Wildman–Crippen LogP) is 4.56. The van der Waals surface area contributed by atoms with Gasteiger partial charge in [0, 0.05) is 18.7 Å². The van der Waals surface area contributed by atoms with E-state index >= 15 is 0 Å². The first-order chi connectivity index (χ1) is 14.5. The highest BCUT2D eigenvalue weighted by Crippen LogP contribution is 2.44. The molecule has 2 aliphatic rings. The molecule has 1 aromatic carbocycles. The molecule has 31 heavy (non-hydrogen) atoms. The van der Waals surface area contributed by atoms with Gasteiger partial charge in [-0.1, -0.05) is 17.7 Å². The Kier molecular flexibility index (Phi) is 6.98. The van der Waals surface area contributed by atoms with Crippen LogP contribution in [0.4, 0.5) is 26.7 Å². The molecule has 1 saturated heterocycles. The summed E-state index contributed by atoms with van der Waals surface area (Å²) in [7, 11) is 0. The Balaban J connectivity index is 1.86. The summed E-state index contributed by atoms with van der Waals surface area (Å²) in [5.74, 6) is -4.34. The Morgan fingerprint density at radius 1 is 1.23 bits per heavy atom. The van der Waals surface area contributed by atoms with Crippen LogP contribution < -0.4 is 10.6 Å². The molecule has 2 N–H and O–H groups in total. The fourth-order valence-corrected chi connectivity index (χ4v) is 4.46. The van der Waals surface area contributed by atoms with E-state index in [2.05, 4.69) is 10.6 Å². The Bertz CT molecular complexity index is 843. The van der Waals surface area contributed by atoms with Crippen molar-refractivity contribution in [3.05, 3.63) is 34.4 Å². The quantitative estimate of drug-likeness (QED) is 0.506. The molecule has 1 aliphatic carbocycles. The van der Waals surface area contributed by atoms with Crippen LogP contribution in [0.5, 0.6) is 0 Å². The molecule has 11 heteroatoms. The summed E-state index contributed by atoms with van der Waals surface area (Å²) in [5, 5.41) is 4.55. The molecule has 2 atom stereocenters. The van der Waals surface area contributed by atoms with Crippen molar-refractivity contribution in [2.75, 3.05) is 13.1 Å². The van der Waals surface area contributed by atoms with Crippen LogP contribution in [0.2, 0.25) is 5.02 Å². The van der Waals surface area contributed by atoms with Crippen LogP contribution in [-0.2, 0) is 4.79 Å². The minimum Gasteiger partial charge on any atom is -0.353 e. The number of amides is 3. The molecule has 1 aromatic rings. The molecule has 5 nitrogen and oxygen atoms in total. The van der Waals surface area contributed by atoms with Crippen LogP contribution in [0.1, 0.15) is 44.2 Å². The number of nitrogens with one attached hydrogen (secondary N) is 2. The molecule has 1 heterocycles. The molecule has 1 aliphatic heterocycles. The standard InChI is InChI=1S/C20H23ClF5N3O2/c1-10-18(30)27-8-9-29(10)19(31)28-17(13-6-7-14(22)15(21)16(13)23)11-2-4-12(5-3-11)20(24,25)26/h6-7,10-12,17H,2-5,8-9H2,1H3,(H,27,30)(H,28,31)/t10-,11?,12?,17-/m1/s1. The maximum absolute atomic E-state index is 14.8. The first-order valence-electron chi connectivity index (χ1n) is 10.1. The zero-order chi connectivity index (χ0) is 22.9. The van der Waals surface area contributed by atoms with Gasteiger partial charge < -0.3 is 15.5 Å².